The third-order valence-electron chi connectivity index (χ3n) is 2.60. The molecule has 106 valence electrons. The van der Waals surface area contributed by atoms with Crippen molar-refractivity contribution in [3.05, 3.63) is 18.0 Å². The number of carbonyl (C=O) groups is 2. The zero-order valence-electron chi connectivity index (χ0n) is 11.6. The van der Waals surface area contributed by atoms with Gasteiger partial charge in [-0.25, -0.2) is 0 Å². The maximum Gasteiger partial charge on any atom is 0.242 e. The molecule has 0 aliphatic rings. The molecule has 0 bridgehead atoms. The summed E-state index contributed by atoms with van der Waals surface area (Å²) in [5.41, 5.74) is 0.761. The zero-order chi connectivity index (χ0) is 14.3. The first-order valence-corrected chi connectivity index (χ1v) is 6.28. The first kappa shape index (κ1) is 15.2. The number of aryl methyl sites for hydroxylation is 1. The predicted molar refractivity (Wildman–Crippen MR) is 71.3 cm³/mol. The van der Waals surface area contributed by atoms with Gasteiger partial charge in [0.1, 0.15) is 6.04 Å². The van der Waals surface area contributed by atoms with Gasteiger partial charge in [0.2, 0.25) is 11.8 Å². The van der Waals surface area contributed by atoms with Crippen LogP contribution in [0.25, 0.3) is 0 Å². The number of aromatic nitrogens is 2. The van der Waals surface area contributed by atoms with Gasteiger partial charge >= 0.3 is 0 Å². The fraction of sp³-hybridized carbons (Fsp3) is 0.583. The predicted octanol–water partition coefficient (Wildman–Crippen LogP) is -0.677. The topological polar surface area (TPSA) is 88.1 Å². The maximum atomic E-state index is 12.0. The molecule has 1 heterocycles. The van der Waals surface area contributed by atoms with Crippen molar-refractivity contribution in [2.75, 3.05) is 20.1 Å². The van der Waals surface area contributed by atoms with E-state index in [-0.39, 0.29) is 18.4 Å². The highest BCUT2D eigenvalue weighted by molar-refractivity contribution is 5.88. The number of hydrogen-bond acceptors (Lipinski definition) is 4. The molecular formula is C12H21N5O2. The van der Waals surface area contributed by atoms with E-state index in [0.717, 1.165) is 12.0 Å². The van der Waals surface area contributed by atoms with Gasteiger partial charge in [0.25, 0.3) is 0 Å². The van der Waals surface area contributed by atoms with Crippen LogP contribution in [0.2, 0.25) is 0 Å². The highest BCUT2D eigenvalue weighted by Crippen LogP contribution is 2.10. The summed E-state index contributed by atoms with van der Waals surface area (Å²) in [4.78, 5) is 23.4. The summed E-state index contributed by atoms with van der Waals surface area (Å²) in [6.45, 7) is 2.57. The summed E-state index contributed by atoms with van der Waals surface area (Å²) < 4.78 is 1.63. The second-order valence-corrected chi connectivity index (χ2v) is 4.24. The molecule has 3 N–H and O–H groups in total. The Morgan fingerprint density at radius 1 is 1.42 bits per heavy atom. The van der Waals surface area contributed by atoms with Gasteiger partial charge in [-0.3, -0.25) is 14.3 Å². The second-order valence-electron chi connectivity index (χ2n) is 4.24. The molecule has 1 atom stereocenters. The van der Waals surface area contributed by atoms with Crippen molar-refractivity contribution in [2.45, 2.75) is 19.4 Å². The Hall–Kier alpha value is -1.89. The van der Waals surface area contributed by atoms with Gasteiger partial charge < -0.3 is 16.0 Å². The zero-order valence-corrected chi connectivity index (χ0v) is 11.6. The molecule has 1 unspecified atom stereocenters. The van der Waals surface area contributed by atoms with Crippen molar-refractivity contribution < 1.29 is 9.59 Å². The molecule has 0 aliphatic carbocycles. The van der Waals surface area contributed by atoms with Crippen molar-refractivity contribution in [3.8, 4) is 0 Å². The number of carbonyl (C=O) groups excluding carboxylic acids is 2. The van der Waals surface area contributed by atoms with Crippen molar-refractivity contribution in [3.63, 3.8) is 0 Å². The second kappa shape index (κ2) is 7.52. The minimum absolute atomic E-state index is 0.0166. The van der Waals surface area contributed by atoms with Crippen LogP contribution in [0.4, 0.5) is 0 Å². The van der Waals surface area contributed by atoms with Crippen LogP contribution in [0, 0.1) is 0 Å². The number of amides is 2. The third-order valence-corrected chi connectivity index (χ3v) is 2.60. The van der Waals surface area contributed by atoms with E-state index in [0.29, 0.717) is 6.54 Å². The van der Waals surface area contributed by atoms with Crippen molar-refractivity contribution in [1.29, 1.82) is 0 Å². The van der Waals surface area contributed by atoms with Gasteiger partial charge in [-0.15, -0.1) is 0 Å². The molecule has 0 spiro atoms. The molecule has 1 aromatic rings. The van der Waals surface area contributed by atoms with Gasteiger partial charge in [0.15, 0.2) is 0 Å². The molecule has 0 saturated heterocycles. The Bertz CT molecular complexity index is 430. The molecule has 1 aromatic heterocycles. The van der Waals surface area contributed by atoms with E-state index in [1.165, 1.54) is 0 Å². The van der Waals surface area contributed by atoms with Gasteiger partial charge in [-0.2, -0.15) is 5.10 Å². The van der Waals surface area contributed by atoms with Gasteiger partial charge in [0.05, 0.1) is 12.7 Å². The summed E-state index contributed by atoms with van der Waals surface area (Å²) >= 11 is 0. The quantitative estimate of drug-likeness (QED) is 0.611. The first-order valence-electron chi connectivity index (χ1n) is 6.28. The van der Waals surface area contributed by atoms with Crippen LogP contribution < -0.4 is 16.0 Å². The van der Waals surface area contributed by atoms with Gasteiger partial charge in [-0.1, -0.05) is 6.92 Å². The fourth-order valence-corrected chi connectivity index (χ4v) is 1.63. The van der Waals surface area contributed by atoms with E-state index in [4.69, 9.17) is 0 Å². The van der Waals surface area contributed by atoms with Crippen molar-refractivity contribution in [1.82, 2.24) is 25.7 Å². The highest BCUT2D eigenvalue weighted by atomic mass is 16.2. The Kier molecular flexibility index (Phi) is 6.01. The van der Waals surface area contributed by atoms with E-state index in [1.807, 2.05) is 6.92 Å². The molecule has 19 heavy (non-hydrogen) atoms. The number of rotatable bonds is 7. The number of likely N-dealkylation sites (N-methyl/N-ethyl adjacent to an activating group) is 1. The summed E-state index contributed by atoms with van der Waals surface area (Å²) in [7, 11) is 3.47. The Morgan fingerprint density at radius 3 is 2.68 bits per heavy atom. The highest BCUT2D eigenvalue weighted by Gasteiger charge is 2.20. The van der Waals surface area contributed by atoms with Crippen LogP contribution in [0.3, 0.4) is 0 Å². The average Bonchev–Trinajstić information content (AvgIpc) is 2.81. The van der Waals surface area contributed by atoms with Crippen LogP contribution in [-0.4, -0.2) is 41.7 Å². The van der Waals surface area contributed by atoms with E-state index in [2.05, 4.69) is 21.0 Å². The molecule has 2 amide bonds. The maximum absolute atomic E-state index is 12.0. The van der Waals surface area contributed by atoms with Crippen LogP contribution in [0.1, 0.15) is 24.9 Å². The Labute approximate surface area is 112 Å². The van der Waals surface area contributed by atoms with E-state index in [9.17, 15) is 9.59 Å². The van der Waals surface area contributed by atoms with Crippen molar-refractivity contribution in [2.24, 2.45) is 7.05 Å². The lowest BCUT2D eigenvalue weighted by Gasteiger charge is -2.14. The smallest absolute Gasteiger partial charge is 0.242 e. The first-order chi connectivity index (χ1) is 9.08. The Balaban J connectivity index is 2.49. The molecule has 1 rings (SSSR count). The SMILES string of the molecule is CCCNC(=O)CNC(=O)C(NC)c1cnn(C)c1. The lowest BCUT2D eigenvalue weighted by Crippen LogP contribution is -2.41. The summed E-state index contributed by atoms with van der Waals surface area (Å²) in [5.74, 6) is -0.432. The molecule has 0 fully saturated rings. The minimum atomic E-state index is -0.507. The summed E-state index contributed by atoms with van der Waals surface area (Å²) in [6.07, 6.45) is 4.25. The van der Waals surface area contributed by atoms with Crippen molar-refractivity contribution >= 4 is 11.8 Å². The fourth-order valence-electron chi connectivity index (χ4n) is 1.63. The molecule has 0 aromatic carbocycles. The molecule has 7 nitrogen and oxygen atoms in total. The molecule has 7 heteroatoms. The van der Waals surface area contributed by atoms with Crippen LogP contribution in [0.15, 0.2) is 12.4 Å². The average molecular weight is 267 g/mol. The standard InChI is InChI=1S/C12H21N5O2/c1-4-5-14-10(18)7-15-12(19)11(13-2)9-6-16-17(3)8-9/h6,8,11,13H,4-5,7H2,1-3H3,(H,14,18)(H,15,19). The van der Waals surface area contributed by atoms with E-state index >= 15 is 0 Å². The number of hydrogen-bond donors (Lipinski definition) is 3. The molecular weight excluding hydrogens is 246 g/mol. The monoisotopic (exact) mass is 267 g/mol. The lowest BCUT2D eigenvalue weighted by atomic mass is 10.1. The van der Waals surface area contributed by atoms with Crippen LogP contribution in [-0.2, 0) is 16.6 Å². The van der Waals surface area contributed by atoms with Crippen LogP contribution in [0.5, 0.6) is 0 Å². The normalized spacial score (nSPS) is 11.9. The minimum Gasteiger partial charge on any atom is -0.355 e. The Morgan fingerprint density at radius 2 is 2.16 bits per heavy atom. The van der Waals surface area contributed by atoms with Gasteiger partial charge in [-0.05, 0) is 13.5 Å². The molecule has 0 radical (unpaired) electrons. The van der Waals surface area contributed by atoms with E-state index in [1.54, 1.807) is 31.2 Å². The van der Waals surface area contributed by atoms with E-state index < -0.39 is 6.04 Å². The summed E-state index contributed by atoms with van der Waals surface area (Å²) in [5, 5.41) is 12.2. The lowest BCUT2D eigenvalue weighted by molar-refractivity contribution is -0.127. The number of nitrogens with zero attached hydrogens (tertiary/aromatic N) is 2. The van der Waals surface area contributed by atoms with Crippen LogP contribution >= 0.6 is 0 Å². The molecule has 0 saturated carbocycles. The molecule has 0 aliphatic heterocycles. The summed E-state index contributed by atoms with van der Waals surface area (Å²) in [6, 6.07) is -0.507. The number of nitrogens with one attached hydrogen (secondary N) is 3. The van der Waals surface area contributed by atoms with Gasteiger partial charge in [0, 0.05) is 25.4 Å². The largest absolute Gasteiger partial charge is 0.355 e. The third kappa shape index (κ3) is 4.70.